The zero-order valence-electron chi connectivity index (χ0n) is 44.7. The Bertz CT molecular complexity index is 1410. The van der Waals surface area contributed by atoms with Gasteiger partial charge in [-0.1, -0.05) is 197 Å². The molecule has 0 aliphatic heterocycles. The first-order valence-corrected chi connectivity index (χ1v) is 29.7. The van der Waals surface area contributed by atoms with Crippen molar-refractivity contribution < 1.29 is 52.2 Å². The number of hydrogen-bond donors (Lipinski definition) is 2. The van der Waals surface area contributed by atoms with Gasteiger partial charge < -0.3 is 24.2 Å². The number of carbonyl (C=O) groups excluding carboxylic acids is 3. The van der Waals surface area contributed by atoms with E-state index >= 15 is 0 Å². The minimum absolute atomic E-state index is 0.154. The van der Waals surface area contributed by atoms with Crippen LogP contribution < -0.4 is 0 Å². The van der Waals surface area contributed by atoms with Gasteiger partial charge in [-0.25, -0.2) is 4.57 Å². The fourth-order valence-electron chi connectivity index (χ4n) is 7.58. The van der Waals surface area contributed by atoms with Crippen LogP contribution >= 0.6 is 7.82 Å². The lowest BCUT2D eigenvalue weighted by molar-refractivity contribution is -0.161. The van der Waals surface area contributed by atoms with Crippen molar-refractivity contribution in [2.45, 2.75) is 264 Å². The number of ether oxygens (including phenoxy) is 3. The second-order valence-corrected chi connectivity index (χ2v) is 20.2. The molecule has 0 aromatic rings. The Kier molecular flexibility index (Phi) is 50.4. The van der Waals surface area contributed by atoms with Gasteiger partial charge in [-0.15, -0.1) is 0 Å². The fourth-order valence-corrected chi connectivity index (χ4v) is 8.37. The molecular formula is C58H103O11P. The molecule has 3 atom stereocenters. The van der Waals surface area contributed by atoms with Crippen LogP contribution in [0.25, 0.3) is 0 Å². The monoisotopic (exact) mass is 1010 g/mol. The quantitative estimate of drug-likeness (QED) is 0.0197. The van der Waals surface area contributed by atoms with Gasteiger partial charge in [-0.3, -0.25) is 23.4 Å². The summed E-state index contributed by atoms with van der Waals surface area (Å²) >= 11 is 0. The number of esters is 3. The van der Waals surface area contributed by atoms with Gasteiger partial charge in [0.1, 0.15) is 12.7 Å². The Labute approximate surface area is 427 Å². The molecule has 0 aliphatic carbocycles. The maximum atomic E-state index is 12.9. The predicted octanol–water partition coefficient (Wildman–Crippen LogP) is 16.4. The van der Waals surface area contributed by atoms with Gasteiger partial charge >= 0.3 is 25.7 Å². The molecule has 2 N–H and O–H groups in total. The van der Waals surface area contributed by atoms with E-state index in [1.165, 1.54) is 57.8 Å². The summed E-state index contributed by atoms with van der Waals surface area (Å²) in [6.45, 7) is 4.47. The molecule has 0 aliphatic rings. The Balaban J connectivity index is 4.71. The van der Waals surface area contributed by atoms with Crippen molar-refractivity contribution in [1.29, 1.82) is 0 Å². The van der Waals surface area contributed by atoms with Crippen LogP contribution in [0.2, 0.25) is 0 Å². The van der Waals surface area contributed by atoms with E-state index in [0.717, 1.165) is 135 Å². The number of hydrogen-bond acceptors (Lipinski definition) is 10. The average molecular weight is 1010 g/mol. The highest BCUT2D eigenvalue weighted by Gasteiger charge is 2.28. The normalized spacial score (nSPS) is 13.8. The van der Waals surface area contributed by atoms with Gasteiger partial charge in [0.05, 0.1) is 19.8 Å². The number of carbonyl (C=O) groups is 3. The van der Waals surface area contributed by atoms with E-state index in [9.17, 15) is 28.9 Å². The van der Waals surface area contributed by atoms with Crippen molar-refractivity contribution in [3.63, 3.8) is 0 Å². The summed E-state index contributed by atoms with van der Waals surface area (Å²) in [6.07, 6.45) is 56.1. The minimum Gasteiger partial charge on any atom is -0.462 e. The van der Waals surface area contributed by atoms with Gasteiger partial charge in [0, 0.05) is 19.3 Å². The van der Waals surface area contributed by atoms with Gasteiger partial charge in [0.25, 0.3) is 0 Å². The van der Waals surface area contributed by atoms with Crippen molar-refractivity contribution in [2.75, 3.05) is 26.4 Å². The fraction of sp³-hybridized carbons (Fsp3) is 0.776. The van der Waals surface area contributed by atoms with Crippen LogP contribution in [0.5, 0.6) is 0 Å². The molecule has 11 nitrogen and oxygen atoms in total. The van der Waals surface area contributed by atoms with Crippen LogP contribution in [0.3, 0.4) is 0 Å². The molecule has 3 unspecified atom stereocenters. The Morgan fingerprint density at radius 1 is 0.414 bits per heavy atom. The Hall–Kier alpha value is -2.82. The smallest absolute Gasteiger partial charge is 0.462 e. The second-order valence-electron chi connectivity index (χ2n) is 18.7. The van der Waals surface area contributed by atoms with Crippen LogP contribution in [-0.2, 0) is 42.2 Å². The highest BCUT2D eigenvalue weighted by molar-refractivity contribution is 7.47. The summed E-state index contributed by atoms with van der Waals surface area (Å²) in [7, 11) is -4.75. The zero-order valence-corrected chi connectivity index (χ0v) is 45.6. The lowest BCUT2D eigenvalue weighted by Gasteiger charge is -2.21. The molecule has 0 amide bonds. The topological polar surface area (TPSA) is 155 Å². The Morgan fingerprint density at radius 2 is 0.757 bits per heavy atom. The molecule has 0 aromatic carbocycles. The first kappa shape index (κ1) is 67.2. The number of phosphoric acid groups is 1. The third kappa shape index (κ3) is 50.1. The summed E-state index contributed by atoms with van der Waals surface area (Å²) in [5.41, 5.74) is 0. The molecule has 70 heavy (non-hydrogen) atoms. The van der Waals surface area contributed by atoms with Gasteiger partial charge in [-0.2, -0.15) is 0 Å². The first-order chi connectivity index (χ1) is 34.2. The van der Waals surface area contributed by atoms with E-state index < -0.39 is 57.8 Å². The summed E-state index contributed by atoms with van der Waals surface area (Å²) in [4.78, 5) is 48.4. The molecule has 0 saturated heterocycles. The van der Waals surface area contributed by atoms with Crippen molar-refractivity contribution in [3.05, 3.63) is 60.8 Å². The van der Waals surface area contributed by atoms with Crippen LogP contribution in [0.1, 0.15) is 252 Å². The van der Waals surface area contributed by atoms with E-state index in [1.807, 2.05) is 0 Å². The molecule has 0 saturated carbocycles. The summed E-state index contributed by atoms with van der Waals surface area (Å²) in [6, 6.07) is 0. The molecule has 0 radical (unpaired) electrons. The number of unbranched alkanes of at least 4 members (excludes halogenated alkanes) is 25. The highest BCUT2D eigenvalue weighted by atomic mass is 31.2. The summed E-state index contributed by atoms with van der Waals surface area (Å²) < 4.78 is 39.4. The van der Waals surface area contributed by atoms with E-state index in [0.29, 0.717) is 19.3 Å². The number of phosphoric ester groups is 1. The third-order valence-electron chi connectivity index (χ3n) is 11.9. The summed E-state index contributed by atoms with van der Waals surface area (Å²) in [5.74, 6) is -1.49. The van der Waals surface area contributed by atoms with Gasteiger partial charge in [0.15, 0.2) is 6.10 Å². The molecular weight excluding hydrogens is 904 g/mol. The highest BCUT2D eigenvalue weighted by Crippen LogP contribution is 2.43. The predicted molar refractivity (Wildman–Crippen MR) is 288 cm³/mol. The van der Waals surface area contributed by atoms with E-state index in [2.05, 4.69) is 81.5 Å². The van der Waals surface area contributed by atoms with Crippen LogP contribution in [-0.4, -0.2) is 66.5 Å². The molecule has 0 bridgehead atoms. The molecule has 0 aromatic heterocycles. The van der Waals surface area contributed by atoms with Crippen LogP contribution in [0.15, 0.2) is 60.8 Å². The van der Waals surface area contributed by atoms with E-state index in [-0.39, 0.29) is 25.9 Å². The molecule has 0 rings (SSSR count). The van der Waals surface area contributed by atoms with E-state index in [1.54, 1.807) is 0 Å². The van der Waals surface area contributed by atoms with Crippen molar-refractivity contribution in [1.82, 2.24) is 0 Å². The molecule has 0 heterocycles. The number of allylic oxidation sites excluding steroid dienone is 10. The maximum absolute atomic E-state index is 12.9. The zero-order chi connectivity index (χ0) is 51.3. The molecule has 406 valence electrons. The maximum Gasteiger partial charge on any atom is 0.472 e. The number of aliphatic hydroxyl groups is 1. The lowest BCUT2D eigenvalue weighted by Crippen LogP contribution is -2.30. The average Bonchev–Trinajstić information content (AvgIpc) is 3.35. The van der Waals surface area contributed by atoms with Crippen LogP contribution in [0, 0.1) is 0 Å². The van der Waals surface area contributed by atoms with Crippen LogP contribution in [0.4, 0.5) is 0 Å². The van der Waals surface area contributed by atoms with Gasteiger partial charge in [-0.05, 0) is 96.3 Å². The third-order valence-corrected chi connectivity index (χ3v) is 12.8. The standard InChI is InChI=1S/C58H103O11P/c1-4-7-10-13-16-19-22-24-26-27-29-31-34-37-40-43-46-49-58(62)69-55(51-65-56(60)47-44-41-38-35-32-21-18-15-12-9-6-3)53-67-70(63,64)66-52-54(50-59)68-57(61)48-45-42-39-36-33-30-28-25-23-20-17-14-11-8-5-2/h7,10,15-16,18-19,24-26,28,54-55,59H,4-6,8-9,11-14,17,20-23,27,29-53H2,1-3H3,(H,63,64)/b10-7-,18-15-,19-16-,26-24-,28-25-. The number of aliphatic hydroxyl groups excluding tert-OH is 1. The lowest BCUT2D eigenvalue weighted by atomic mass is 10.1. The molecule has 0 fully saturated rings. The SMILES string of the molecule is CC/C=C\C/C=C\C/C=C\CCCCCCCCCC(=O)OC(COC(=O)CCCCCCC/C=C\CCCC)COP(=O)(O)OCC(CO)OC(=O)CCCCCCC/C=C\CCCCCCCC. The first-order valence-electron chi connectivity index (χ1n) is 28.2. The van der Waals surface area contributed by atoms with Crippen molar-refractivity contribution in [2.24, 2.45) is 0 Å². The largest absolute Gasteiger partial charge is 0.472 e. The minimum atomic E-state index is -4.75. The van der Waals surface area contributed by atoms with Crippen molar-refractivity contribution >= 4 is 25.7 Å². The van der Waals surface area contributed by atoms with Gasteiger partial charge in [0.2, 0.25) is 0 Å². The Morgan fingerprint density at radius 3 is 1.20 bits per heavy atom. The number of rotatable bonds is 52. The van der Waals surface area contributed by atoms with E-state index in [4.69, 9.17) is 23.3 Å². The van der Waals surface area contributed by atoms with Crippen molar-refractivity contribution in [3.8, 4) is 0 Å². The molecule has 0 spiro atoms. The second kappa shape index (κ2) is 52.5. The summed E-state index contributed by atoms with van der Waals surface area (Å²) in [5, 5.41) is 9.80. The molecule has 12 heteroatoms.